The van der Waals surface area contributed by atoms with Gasteiger partial charge in [0.05, 0.1) is 11.1 Å². The molecule has 1 aromatic carbocycles. The molecule has 0 atom stereocenters. The molecule has 3 nitrogen and oxygen atoms in total. The highest BCUT2D eigenvalue weighted by Crippen LogP contribution is 2.21. The van der Waals surface area contributed by atoms with E-state index in [1.54, 1.807) is 38.2 Å². The summed E-state index contributed by atoms with van der Waals surface area (Å²) in [6.07, 6.45) is 1.68. The van der Waals surface area contributed by atoms with Crippen LogP contribution in [-0.4, -0.2) is 33.7 Å². The zero-order chi connectivity index (χ0) is 14.8. The zero-order valence-electron chi connectivity index (χ0n) is 12.2. The van der Waals surface area contributed by atoms with E-state index in [0.717, 1.165) is 12.1 Å². The molecule has 20 heavy (non-hydrogen) atoms. The van der Waals surface area contributed by atoms with E-state index < -0.39 is 5.60 Å². The first kappa shape index (κ1) is 14.9. The number of fused-ring (bicyclic) bond motifs is 1. The standard InChI is InChI=1S/C16H21FN2O/c1-4-19(11-16(2,3)20)10-12-7-8-14(17)13-6-5-9-18-15(12)13/h5-9,20H,4,10-11H2,1-3H3. The lowest BCUT2D eigenvalue weighted by atomic mass is 10.1. The van der Waals surface area contributed by atoms with Gasteiger partial charge in [0.15, 0.2) is 0 Å². The Bertz CT molecular complexity index is 593. The van der Waals surface area contributed by atoms with Gasteiger partial charge in [-0.05, 0) is 44.2 Å². The highest BCUT2D eigenvalue weighted by Gasteiger charge is 2.18. The molecular formula is C16H21FN2O. The van der Waals surface area contributed by atoms with Crippen LogP contribution in [0.2, 0.25) is 0 Å². The number of aromatic nitrogens is 1. The zero-order valence-corrected chi connectivity index (χ0v) is 12.2. The Morgan fingerprint density at radius 3 is 2.70 bits per heavy atom. The summed E-state index contributed by atoms with van der Waals surface area (Å²) in [7, 11) is 0. The molecule has 108 valence electrons. The molecule has 0 saturated heterocycles. The van der Waals surface area contributed by atoms with Crippen molar-refractivity contribution in [1.82, 2.24) is 9.88 Å². The highest BCUT2D eigenvalue weighted by molar-refractivity contribution is 5.82. The Balaban J connectivity index is 2.31. The van der Waals surface area contributed by atoms with Crippen molar-refractivity contribution in [2.75, 3.05) is 13.1 Å². The van der Waals surface area contributed by atoms with E-state index in [-0.39, 0.29) is 5.82 Å². The predicted octanol–water partition coefficient (Wildman–Crippen LogP) is 2.97. The largest absolute Gasteiger partial charge is 0.389 e. The number of hydrogen-bond donors (Lipinski definition) is 1. The van der Waals surface area contributed by atoms with Crippen LogP contribution in [-0.2, 0) is 6.54 Å². The molecule has 1 heterocycles. The van der Waals surface area contributed by atoms with Crippen LogP contribution in [0.4, 0.5) is 4.39 Å². The molecule has 0 amide bonds. The highest BCUT2D eigenvalue weighted by atomic mass is 19.1. The minimum atomic E-state index is -0.751. The van der Waals surface area contributed by atoms with Crippen LogP contribution < -0.4 is 0 Å². The lowest BCUT2D eigenvalue weighted by molar-refractivity contribution is 0.0354. The predicted molar refractivity (Wildman–Crippen MR) is 78.9 cm³/mol. The number of pyridine rings is 1. The van der Waals surface area contributed by atoms with Crippen LogP contribution in [0.3, 0.4) is 0 Å². The minimum Gasteiger partial charge on any atom is -0.389 e. The fourth-order valence-electron chi connectivity index (χ4n) is 2.39. The molecule has 2 aromatic rings. The molecule has 0 spiro atoms. The summed E-state index contributed by atoms with van der Waals surface area (Å²) in [4.78, 5) is 6.42. The van der Waals surface area contributed by atoms with Crippen molar-refractivity contribution in [3.63, 3.8) is 0 Å². The van der Waals surface area contributed by atoms with E-state index in [0.29, 0.717) is 24.0 Å². The van der Waals surface area contributed by atoms with Crippen LogP contribution >= 0.6 is 0 Å². The van der Waals surface area contributed by atoms with Gasteiger partial charge in [0, 0.05) is 24.7 Å². The fourth-order valence-corrected chi connectivity index (χ4v) is 2.39. The van der Waals surface area contributed by atoms with Crippen molar-refractivity contribution in [2.45, 2.75) is 32.9 Å². The maximum Gasteiger partial charge on any atom is 0.132 e. The van der Waals surface area contributed by atoms with Crippen LogP contribution in [0.5, 0.6) is 0 Å². The van der Waals surface area contributed by atoms with Gasteiger partial charge in [-0.15, -0.1) is 0 Å². The van der Waals surface area contributed by atoms with Crippen LogP contribution in [0.25, 0.3) is 10.9 Å². The summed E-state index contributed by atoms with van der Waals surface area (Å²) in [5.74, 6) is -0.248. The second-order valence-corrected chi connectivity index (χ2v) is 5.72. The quantitative estimate of drug-likeness (QED) is 0.912. The monoisotopic (exact) mass is 276 g/mol. The Morgan fingerprint density at radius 1 is 1.30 bits per heavy atom. The fraction of sp³-hybridized carbons (Fsp3) is 0.438. The summed E-state index contributed by atoms with van der Waals surface area (Å²) in [6, 6.07) is 6.74. The Labute approximate surface area is 119 Å². The second-order valence-electron chi connectivity index (χ2n) is 5.72. The maximum atomic E-state index is 13.8. The normalized spacial score (nSPS) is 12.3. The first-order valence-electron chi connectivity index (χ1n) is 6.87. The molecule has 0 bridgehead atoms. The molecule has 0 aliphatic rings. The number of likely N-dealkylation sites (N-methyl/N-ethyl adjacent to an activating group) is 1. The third kappa shape index (κ3) is 3.52. The number of nitrogens with zero attached hydrogens (tertiary/aromatic N) is 2. The molecule has 0 aliphatic carbocycles. The molecule has 0 unspecified atom stereocenters. The van der Waals surface area contributed by atoms with Crippen LogP contribution in [0.15, 0.2) is 30.5 Å². The van der Waals surface area contributed by atoms with E-state index >= 15 is 0 Å². The van der Waals surface area contributed by atoms with Crippen LogP contribution in [0.1, 0.15) is 26.3 Å². The summed E-state index contributed by atoms with van der Waals surface area (Å²) >= 11 is 0. The molecule has 4 heteroatoms. The van der Waals surface area contributed by atoms with Crippen molar-refractivity contribution >= 4 is 10.9 Å². The van der Waals surface area contributed by atoms with Gasteiger partial charge in [-0.25, -0.2) is 4.39 Å². The van der Waals surface area contributed by atoms with E-state index in [9.17, 15) is 9.50 Å². The topological polar surface area (TPSA) is 36.4 Å². The SMILES string of the molecule is CCN(Cc1ccc(F)c2cccnc12)CC(C)(C)O. The van der Waals surface area contributed by atoms with Gasteiger partial charge in [-0.2, -0.15) is 0 Å². The molecule has 1 N–H and O–H groups in total. The summed E-state index contributed by atoms with van der Waals surface area (Å²) in [5, 5.41) is 10.5. The first-order valence-corrected chi connectivity index (χ1v) is 6.87. The average Bonchev–Trinajstić information content (AvgIpc) is 2.40. The molecule has 0 saturated carbocycles. The number of benzene rings is 1. The number of halogens is 1. The van der Waals surface area contributed by atoms with Gasteiger partial charge < -0.3 is 5.11 Å². The van der Waals surface area contributed by atoms with Crippen molar-refractivity contribution in [1.29, 1.82) is 0 Å². The molecule has 0 fully saturated rings. The Hall–Kier alpha value is -1.52. The average molecular weight is 276 g/mol. The molecular weight excluding hydrogens is 255 g/mol. The minimum absolute atomic E-state index is 0.248. The first-order chi connectivity index (χ1) is 9.40. The van der Waals surface area contributed by atoms with E-state index in [1.807, 2.05) is 6.92 Å². The molecule has 1 aromatic heterocycles. The van der Waals surface area contributed by atoms with Crippen molar-refractivity contribution in [2.24, 2.45) is 0 Å². The lowest BCUT2D eigenvalue weighted by Gasteiger charge is -2.28. The smallest absolute Gasteiger partial charge is 0.132 e. The van der Waals surface area contributed by atoms with Gasteiger partial charge in [0.25, 0.3) is 0 Å². The van der Waals surface area contributed by atoms with Crippen LogP contribution in [0, 0.1) is 5.82 Å². The van der Waals surface area contributed by atoms with Gasteiger partial charge in [-0.1, -0.05) is 13.0 Å². The van der Waals surface area contributed by atoms with Crippen molar-refractivity contribution in [3.05, 3.63) is 41.8 Å². The molecule has 2 rings (SSSR count). The van der Waals surface area contributed by atoms with E-state index in [2.05, 4.69) is 9.88 Å². The summed E-state index contributed by atoms with van der Waals surface area (Å²) in [6.45, 7) is 7.65. The second kappa shape index (κ2) is 5.85. The maximum absolute atomic E-state index is 13.8. The summed E-state index contributed by atoms with van der Waals surface area (Å²) in [5.41, 5.74) is 0.925. The van der Waals surface area contributed by atoms with Gasteiger partial charge in [0.1, 0.15) is 5.82 Å². The van der Waals surface area contributed by atoms with Crippen molar-refractivity contribution in [3.8, 4) is 0 Å². The summed E-state index contributed by atoms with van der Waals surface area (Å²) < 4.78 is 13.8. The number of hydrogen-bond acceptors (Lipinski definition) is 3. The Kier molecular flexibility index (Phi) is 4.35. The molecule has 0 radical (unpaired) electrons. The lowest BCUT2D eigenvalue weighted by Crippen LogP contribution is -2.38. The van der Waals surface area contributed by atoms with E-state index in [1.165, 1.54) is 6.07 Å². The van der Waals surface area contributed by atoms with Crippen molar-refractivity contribution < 1.29 is 9.50 Å². The number of aliphatic hydroxyl groups is 1. The van der Waals surface area contributed by atoms with Gasteiger partial charge >= 0.3 is 0 Å². The third-order valence-electron chi connectivity index (χ3n) is 3.25. The number of rotatable bonds is 5. The van der Waals surface area contributed by atoms with Gasteiger partial charge in [-0.3, -0.25) is 9.88 Å². The Morgan fingerprint density at radius 2 is 2.05 bits per heavy atom. The molecule has 0 aliphatic heterocycles. The third-order valence-corrected chi connectivity index (χ3v) is 3.25. The van der Waals surface area contributed by atoms with Gasteiger partial charge in [0.2, 0.25) is 0 Å². The van der Waals surface area contributed by atoms with E-state index in [4.69, 9.17) is 0 Å².